The Kier molecular flexibility index (Phi) is 9.56. The lowest BCUT2D eigenvalue weighted by molar-refractivity contribution is -0.157. The molecule has 0 radical (unpaired) electrons. The third-order valence-corrected chi connectivity index (χ3v) is 11.4. The predicted octanol–water partition coefficient (Wildman–Crippen LogP) is 5.34. The van der Waals surface area contributed by atoms with Gasteiger partial charge in [-0.05, 0) is 68.5 Å². The molecule has 1 aromatic carbocycles. The van der Waals surface area contributed by atoms with E-state index in [1.54, 1.807) is 13.0 Å². The largest absolute Gasteiger partial charge is 0.505 e. The molecule has 0 bridgehead atoms. The van der Waals surface area contributed by atoms with Crippen LogP contribution >= 0.6 is 11.6 Å². The van der Waals surface area contributed by atoms with E-state index in [-0.39, 0.29) is 96.9 Å². The van der Waals surface area contributed by atoms with E-state index in [9.17, 15) is 50.6 Å². The van der Waals surface area contributed by atoms with E-state index < -0.39 is 71.3 Å². The van der Waals surface area contributed by atoms with Crippen LogP contribution in [0, 0.1) is 11.8 Å². The van der Waals surface area contributed by atoms with Crippen molar-refractivity contribution in [2.45, 2.75) is 63.2 Å². The van der Waals surface area contributed by atoms with E-state index in [1.165, 1.54) is 32.7 Å². The van der Waals surface area contributed by atoms with Gasteiger partial charge in [-0.25, -0.2) is 4.98 Å². The number of halogens is 7. The highest BCUT2D eigenvalue weighted by atomic mass is 35.5. The van der Waals surface area contributed by atoms with Gasteiger partial charge in [0.05, 0.1) is 45.5 Å². The molecule has 1 spiro atoms. The number of amides is 3. The normalized spacial score (nSPS) is 21.6. The number of hydrogen-bond acceptors (Lipinski definition) is 9. The second-order valence-corrected chi connectivity index (χ2v) is 15.1. The molecular weight excluding hydrogens is 802 g/mol. The highest BCUT2D eigenvalue weighted by molar-refractivity contribution is 6.33. The van der Waals surface area contributed by atoms with E-state index in [0.717, 1.165) is 16.6 Å². The van der Waals surface area contributed by atoms with Gasteiger partial charge in [-0.3, -0.25) is 19.2 Å². The molecular formula is C37H33ClF6N8O6. The quantitative estimate of drug-likeness (QED) is 0.244. The number of ether oxygens (including phenoxy) is 1. The first kappa shape index (κ1) is 39.3. The molecule has 1 saturated carbocycles. The Labute approximate surface area is 329 Å². The molecule has 6 heterocycles. The van der Waals surface area contributed by atoms with Gasteiger partial charge in [-0.1, -0.05) is 17.7 Å². The molecule has 3 aromatic heterocycles. The van der Waals surface area contributed by atoms with Crippen LogP contribution in [-0.4, -0.2) is 89.1 Å². The topological polar surface area (TPSA) is 164 Å². The molecule has 1 aliphatic carbocycles. The monoisotopic (exact) mass is 834 g/mol. The summed E-state index contributed by atoms with van der Waals surface area (Å²) < 4.78 is 88.2. The highest BCUT2D eigenvalue weighted by Crippen LogP contribution is 2.51. The summed E-state index contributed by atoms with van der Waals surface area (Å²) in [5.74, 6) is -4.95. The van der Waals surface area contributed by atoms with Crippen LogP contribution in [0.2, 0.25) is 5.02 Å². The summed E-state index contributed by atoms with van der Waals surface area (Å²) in [6, 6.07) is 5.27. The first-order valence-electron chi connectivity index (χ1n) is 18.2. The molecule has 3 atom stereocenters. The summed E-state index contributed by atoms with van der Waals surface area (Å²) in [5, 5.41) is 16.9. The zero-order valence-electron chi connectivity index (χ0n) is 30.4. The second-order valence-electron chi connectivity index (χ2n) is 14.7. The van der Waals surface area contributed by atoms with Gasteiger partial charge in [-0.15, -0.1) is 5.10 Å². The van der Waals surface area contributed by atoms with Gasteiger partial charge < -0.3 is 29.5 Å². The van der Waals surface area contributed by atoms with Crippen molar-refractivity contribution in [3.05, 3.63) is 86.3 Å². The summed E-state index contributed by atoms with van der Waals surface area (Å²) in [5.41, 5.74) is -2.18. The number of aromatic nitrogens is 5. The van der Waals surface area contributed by atoms with Crippen LogP contribution in [0.1, 0.15) is 71.8 Å². The fourth-order valence-electron chi connectivity index (χ4n) is 8.08. The molecule has 1 saturated heterocycles. The number of benzene rings is 1. The van der Waals surface area contributed by atoms with Crippen molar-refractivity contribution in [2.75, 3.05) is 31.5 Å². The fourth-order valence-corrected chi connectivity index (χ4v) is 8.31. The van der Waals surface area contributed by atoms with E-state index in [2.05, 4.69) is 20.4 Å². The average molecular weight is 835 g/mol. The lowest BCUT2D eigenvalue weighted by Gasteiger charge is -2.39. The minimum Gasteiger partial charge on any atom is -0.505 e. The van der Waals surface area contributed by atoms with Gasteiger partial charge in [-0.2, -0.15) is 35.8 Å². The number of pyridine rings is 1. The van der Waals surface area contributed by atoms with Crippen LogP contribution in [0.3, 0.4) is 0 Å². The zero-order chi connectivity index (χ0) is 41.5. The number of rotatable bonds is 6. The van der Waals surface area contributed by atoms with Crippen molar-refractivity contribution < 1.29 is 50.6 Å². The number of carbonyl (C=O) groups is 3. The molecule has 3 aliphatic heterocycles. The lowest BCUT2D eigenvalue weighted by Crippen LogP contribution is -2.47. The second kappa shape index (κ2) is 14.1. The van der Waals surface area contributed by atoms with Crippen LogP contribution in [0.5, 0.6) is 5.75 Å². The standard InChI is InChI=1S/C37H33ClF6N8O6/c1-18-29-27(35(58-18)8-13-50(14-9-35)33(57)28-25(53)3-2-10-45-28)32(56)52-34(51(29)17-26(54)46-24-5-4-20(15-23(24)38)36(39,40)41)47-30(48-52)19-6-11-49(12-7-19)31(55)21-16-22(21)37(42,43)44/h2-6,10,15,18,21-22,53H,7-9,11-14,16-17H2,1H3,(H,46,54)/t18-,21-,22-/m1/s1. The summed E-state index contributed by atoms with van der Waals surface area (Å²) in [6.07, 6.45) is -6.81. The average Bonchev–Trinajstić information content (AvgIpc) is 3.79. The number of hydrogen-bond donors (Lipinski definition) is 2. The summed E-state index contributed by atoms with van der Waals surface area (Å²) in [4.78, 5) is 65.7. The number of aromatic hydroxyl groups is 1. The maximum Gasteiger partial charge on any atom is 0.416 e. The van der Waals surface area contributed by atoms with Crippen molar-refractivity contribution in [1.82, 2.24) is 33.9 Å². The molecule has 2 fully saturated rings. The number of carbonyl (C=O) groups excluding carboxylic acids is 3. The molecule has 14 nitrogen and oxygen atoms in total. The van der Waals surface area contributed by atoms with Gasteiger partial charge in [0.15, 0.2) is 11.5 Å². The molecule has 21 heteroatoms. The molecule has 4 aliphatic rings. The number of likely N-dealkylation sites (tertiary alicyclic amines) is 1. The smallest absolute Gasteiger partial charge is 0.416 e. The Morgan fingerprint density at radius 3 is 2.43 bits per heavy atom. The number of fused-ring (bicyclic) bond motifs is 3. The van der Waals surface area contributed by atoms with E-state index in [1.807, 2.05) is 0 Å². The van der Waals surface area contributed by atoms with Gasteiger partial charge in [0.25, 0.3) is 11.5 Å². The minimum atomic E-state index is -4.68. The zero-order valence-corrected chi connectivity index (χ0v) is 31.2. The Hall–Kier alpha value is -5.50. The summed E-state index contributed by atoms with van der Waals surface area (Å²) in [7, 11) is 0. The molecule has 58 heavy (non-hydrogen) atoms. The van der Waals surface area contributed by atoms with Gasteiger partial charge in [0.1, 0.15) is 17.9 Å². The van der Waals surface area contributed by atoms with Crippen LogP contribution in [0.15, 0.2) is 47.4 Å². The minimum absolute atomic E-state index is 0.0126. The molecule has 2 N–H and O–H groups in total. The summed E-state index contributed by atoms with van der Waals surface area (Å²) in [6.45, 7) is 1.41. The van der Waals surface area contributed by atoms with Crippen molar-refractivity contribution in [3.8, 4) is 5.75 Å². The Balaban J connectivity index is 1.13. The van der Waals surface area contributed by atoms with Gasteiger partial charge >= 0.3 is 12.4 Å². The number of anilines is 1. The lowest BCUT2D eigenvalue weighted by atomic mass is 9.85. The maximum atomic E-state index is 14.5. The highest BCUT2D eigenvalue weighted by Gasteiger charge is 2.59. The van der Waals surface area contributed by atoms with Crippen molar-refractivity contribution in [2.24, 2.45) is 11.8 Å². The van der Waals surface area contributed by atoms with Crippen molar-refractivity contribution >= 4 is 46.4 Å². The molecule has 4 aromatic rings. The van der Waals surface area contributed by atoms with Gasteiger partial charge in [0, 0.05) is 32.4 Å². The van der Waals surface area contributed by atoms with Crippen molar-refractivity contribution in [3.63, 3.8) is 0 Å². The van der Waals surface area contributed by atoms with Crippen LogP contribution < -0.4 is 10.9 Å². The van der Waals surface area contributed by atoms with Gasteiger partial charge in [0.2, 0.25) is 17.6 Å². The number of nitrogens with zero attached hydrogens (tertiary/aromatic N) is 7. The van der Waals surface area contributed by atoms with Crippen LogP contribution in [0.25, 0.3) is 11.4 Å². The fraction of sp³-hybridized carbons (Fsp3) is 0.432. The van der Waals surface area contributed by atoms with E-state index >= 15 is 0 Å². The third-order valence-electron chi connectivity index (χ3n) is 11.1. The molecule has 0 unspecified atom stereocenters. The van der Waals surface area contributed by atoms with Crippen LogP contribution in [-0.2, 0) is 32.6 Å². The van der Waals surface area contributed by atoms with Crippen molar-refractivity contribution in [1.29, 1.82) is 0 Å². The first-order valence-corrected chi connectivity index (χ1v) is 18.6. The molecule has 306 valence electrons. The first-order chi connectivity index (χ1) is 27.4. The number of alkyl halides is 6. The number of piperidine rings is 1. The van der Waals surface area contributed by atoms with Crippen LogP contribution in [0.4, 0.5) is 32.0 Å². The SMILES string of the molecule is C[C@H]1OC2(CCN(C(=O)c3ncccc3O)CC2)c2c1n(CC(=O)Nc1ccc(C(F)(F)F)cc1Cl)c1nc(C3=CCN(C(=O)[C@@H]4C[C@H]4C(F)(F)F)CC3)nn1c2=O. The predicted molar refractivity (Wildman–Crippen MR) is 191 cm³/mol. The Morgan fingerprint density at radius 1 is 1.07 bits per heavy atom. The maximum absolute atomic E-state index is 14.5. The molecule has 3 amide bonds. The van der Waals surface area contributed by atoms with E-state index in [4.69, 9.17) is 16.3 Å². The van der Waals surface area contributed by atoms with E-state index in [0.29, 0.717) is 11.6 Å². The Bertz CT molecular complexity index is 2460. The number of nitrogens with one attached hydrogen (secondary N) is 1. The molecule has 8 rings (SSSR count). The summed E-state index contributed by atoms with van der Waals surface area (Å²) >= 11 is 6.13. The third kappa shape index (κ3) is 6.94. The Morgan fingerprint density at radius 2 is 1.81 bits per heavy atom.